The fourth-order valence-corrected chi connectivity index (χ4v) is 2.10. The molecule has 0 spiro atoms. The molecule has 0 heterocycles. The van der Waals surface area contributed by atoms with Crippen molar-refractivity contribution in [3.8, 4) is 0 Å². The molecule has 1 amide bonds. The van der Waals surface area contributed by atoms with Gasteiger partial charge in [-0.05, 0) is 45.5 Å². The van der Waals surface area contributed by atoms with Gasteiger partial charge in [0.25, 0.3) is 0 Å². The Hall–Kier alpha value is -1.55. The summed E-state index contributed by atoms with van der Waals surface area (Å²) in [5.74, 6) is 0.170. The first-order valence-electron chi connectivity index (χ1n) is 6.83. The Morgan fingerprint density at radius 3 is 2.47 bits per heavy atom. The summed E-state index contributed by atoms with van der Waals surface area (Å²) in [6.45, 7) is 8.04. The molecule has 2 N–H and O–H groups in total. The maximum absolute atomic E-state index is 12.1. The first-order valence-corrected chi connectivity index (χ1v) is 6.83. The second-order valence-corrected chi connectivity index (χ2v) is 4.83. The van der Waals surface area contributed by atoms with Crippen molar-refractivity contribution in [1.29, 1.82) is 0 Å². The van der Waals surface area contributed by atoms with E-state index in [1.165, 1.54) is 0 Å². The molecule has 0 aliphatic rings. The highest BCUT2D eigenvalue weighted by Gasteiger charge is 2.17. The lowest BCUT2D eigenvalue weighted by Gasteiger charge is -2.27. The molecule has 1 aromatic rings. The Morgan fingerprint density at radius 2 is 1.95 bits per heavy atom. The van der Waals surface area contributed by atoms with Gasteiger partial charge in [0, 0.05) is 24.8 Å². The Balaban J connectivity index is 2.67. The fourth-order valence-electron chi connectivity index (χ4n) is 2.10. The summed E-state index contributed by atoms with van der Waals surface area (Å²) in [5.41, 5.74) is 7.69. The number of hydrogen-bond acceptors (Lipinski definition) is 3. The van der Waals surface area contributed by atoms with Gasteiger partial charge in [0.05, 0.1) is 6.54 Å². The monoisotopic (exact) mass is 263 g/mol. The predicted molar refractivity (Wildman–Crippen MR) is 79.8 cm³/mol. The Morgan fingerprint density at radius 1 is 1.32 bits per heavy atom. The van der Waals surface area contributed by atoms with Crippen molar-refractivity contribution in [2.75, 3.05) is 32.4 Å². The highest BCUT2D eigenvalue weighted by molar-refractivity contribution is 5.78. The molecule has 0 saturated carbocycles. The highest BCUT2D eigenvalue weighted by atomic mass is 16.2. The number of rotatable bonds is 6. The molecule has 0 aromatic heterocycles. The van der Waals surface area contributed by atoms with E-state index in [9.17, 15) is 4.79 Å². The van der Waals surface area contributed by atoms with E-state index in [4.69, 9.17) is 5.73 Å². The van der Waals surface area contributed by atoms with Crippen LogP contribution in [-0.4, -0.2) is 42.4 Å². The molecule has 0 bridgehead atoms. The molecule has 0 saturated heterocycles. The van der Waals surface area contributed by atoms with Crippen LogP contribution in [0.15, 0.2) is 24.3 Å². The standard InChI is InChI=1S/C15H25N3O/c1-5-18(6-2)15(19)11-17(4)12(3)13-8-7-9-14(16)10-13/h7-10,12H,5-6,11,16H2,1-4H3. The van der Waals surface area contributed by atoms with Crippen LogP contribution in [0.25, 0.3) is 0 Å². The largest absolute Gasteiger partial charge is 0.399 e. The zero-order valence-corrected chi connectivity index (χ0v) is 12.4. The highest BCUT2D eigenvalue weighted by Crippen LogP contribution is 2.20. The minimum Gasteiger partial charge on any atom is -0.399 e. The molecule has 106 valence electrons. The number of nitrogens with two attached hydrogens (primary N) is 1. The Labute approximate surface area is 116 Å². The topological polar surface area (TPSA) is 49.6 Å². The summed E-state index contributed by atoms with van der Waals surface area (Å²) in [6, 6.07) is 7.99. The van der Waals surface area contributed by atoms with Gasteiger partial charge in [-0.3, -0.25) is 9.69 Å². The molecule has 4 nitrogen and oxygen atoms in total. The summed E-state index contributed by atoms with van der Waals surface area (Å²) in [6.07, 6.45) is 0. The van der Waals surface area contributed by atoms with Crippen LogP contribution in [0.3, 0.4) is 0 Å². The van der Waals surface area contributed by atoms with Crippen LogP contribution in [0.4, 0.5) is 5.69 Å². The van der Waals surface area contributed by atoms with Gasteiger partial charge < -0.3 is 10.6 Å². The lowest BCUT2D eigenvalue weighted by atomic mass is 10.1. The van der Waals surface area contributed by atoms with Crippen molar-refractivity contribution < 1.29 is 4.79 Å². The average molecular weight is 263 g/mol. The van der Waals surface area contributed by atoms with E-state index < -0.39 is 0 Å². The Kier molecular flexibility index (Phi) is 5.83. The van der Waals surface area contributed by atoms with Crippen LogP contribution in [0, 0.1) is 0 Å². The van der Waals surface area contributed by atoms with Crippen LogP contribution in [0.1, 0.15) is 32.4 Å². The quantitative estimate of drug-likeness (QED) is 0.800. The van der Waals surface area contributed by atoms with Gasteiger partial charge in [0.2, 0.25) is 5.91 Å². The summed E-state index contributed by atoms with van der Waals surface area (Å²) in [5, 5.41) is 0. The lowest BCUT2D eigenvalue weighted by molar-refractivity contribution is -0.132. The molecule has 0 aliphatic heterocycles. The normalized spacial score (nSPS) is 12.5. The average Bonchev–Trinajstić information content (AvgIpc) is 2.39. The van der Waals surface area contributed by atoms with Gasteiger partial charge >= 0.3 is 0 Å². The number of carbonyl (C=O) groups is 1. The number of likely N-dealkylation sites (N-methyl/N-ethyl adjacent to an activating group) is 2. The first-order chi connectivity index (χ1) is 8.99. The molecule has 0 fully saturated rings. The molecular weight excluding hydrogens is 238 g/mol. The maximum atomic E-state index is 12.1. The minimum atomic E-state index is 0.169. The summed E-state index contributed by atoms with van der Waals surface area (Å²) in [4.78, 5) is 16.0. The van der Waals surface area contributed by atoms with Gasteiger partial charge in [0.15, 0.2) is 0 Å². The summed E-state index contributed by atoms with van der Waals surface area (Å²) < 4.78 is 0. The van der Waals surface area contributed by atoms with Crippen molar-refractivity contribution in [2.45, 2.75) is 26.8 Å². The van der Waals surface area contributed by atoms with E-state index in [1.807, 2.05) is 50.1 Å². The summed E-state index contributed by atoms with van der Waals surface area (Å²) >= 11 is 0. The smallest absolute Gasteiger partial charge is 0.236 e. The molecule has 0 aliphatic carbocycles. The number of amides is 1. The fraction of sp³-hybridized carbons (Fsp3) is 0.533. The van der Waals surface area contributed by atoms with E-state index in [-0.39, 0.29) is 11.9 Å². The van der Waals surface area contributed by atoms with Crippen molar-refractivity contribution in [3.05, 3.63) is 29.8 Å². The van der Waals surface area contributed by atoms with Crippen LogP contribution in [-0.2, 0) is 4.79 Å². The number of nitrogens with zero attached hydrogens (tertiary/aromatic N) is 2. The lowest BCUT2D eigenvalue weighted by Crippen LogP contribution is -2.39. The van der Waals surface area contributed by atoms with Crippen LogP contribution >= 0.6 is 0 Å². The second kappa shape index (κ2) is 7.14. The number of nitrogen functional groups attached to an aromatic ring is 1. The molecule has 4 heteroatoms. The van der Waals surface area contributed by atoms with Crippen molar-refractivity contribution in [2.24, 2.45) is 0 Å². The molecule has 19 heavy (non-hydrogen) atoms. The SMILES string of the molecule is CCN(CC)C(=O)CN(C)C(C)c1cccc(N)c1. The Bertz CT molecular complexity index is 416. The van der Waals surface area contributed by atoms with E-state index in [0.29, 0.717) is 6.54 Å². The van der Waals surface area contributed by atoms with Crippen molar-refractivity contribution in [1.82, 2.24) is 9.80 Å². The third-order valence-corrected chi connectivity index (χ3v) is 3.56. The van der Waals surface area contributed by atoms with Crippen LogP contribution in [0.2, 0.25) is 0 Å². The molecule has 0 radical (unpaired) electrons. The second-order valence-electron chi connectivity index (χ2n) is 4.83. The van der Waals surface area contributed by atoms with Gasteiger partial charge in [0.1, 0.15) is 0 Å². The third kappa shape index (κ3) is 4.24. The maximum Gasteiger partial charge on any atom is 0.236 e. The minimum absolute atomic E-state index is 0.169. The van der Waals surface area contributed by atoms with E-state index in [0.717, 1.165) is 24.3 Å². The molecule has 1 unspecified atom stereocenters. The molecular formula is C15H25N3O. The zero-order valence-electron chi connectivity index (χ0n) is 12.4. The van der Waals surface area contributed by atoms with Gasteiger partial charge in [-0.15, -0.1) is 0 Å². The van der Waals surface area contributed by atoms with Crippen LogP contribution in [0.5, 0.6) is 0 Å². The number of benzene rings is 1. The number of carbonyl (C=O) groups excluding carboxylic acids is 1. The summed E-state index contributed by atoms with van der Waals surface area (Å²) in [7, 11) is 1.97. The van der Waals surface area contributed by atoms with Gasteiger partial charge in [-0.1, -0.05) is 12.1 Å². The molecule has 1 atom stereocenters. The number of anilines is 1. The van der Waals surface area contributed by atoms with Crippen LogP contribution < -0.4 is 5.73 Å². The first kappa shape index (κ1) is 15.5. The predicted octanol–water partition coefficient (Wildman–Crippen LogP) is 2.13. The van der Waals surface area contributed by atoms with Gasteiger partial charge in [-0.2, -0.15) is 0 Å². The van der Waals surface area contributed by atoms with E-state index in [2.05, 4.69) is 11.8 Å². The van der Waals surface area contributed by atoms with E-state index in [1.54, 1.807) is 0 Å². The molecule has 1 aromatic carbocycles. The van der Waals surface area contributed by atoms with Gasteiger partial charge in [-0.25, -0.2) is 0 Å². The molecule has 1 rings (SSSR count). The third-order valence-electron chi connectivity index (χ3n) is 3.56. The number of hydrogen-bond donors (Lipinski definition) is 1. The zero-order chi connectivity index (χ0) is 14.4. The van der Waals surface area contributed by atoms with E-state index >= 15 is 0 Å². The van der Waals surface area contributed by atoms with Crippen molar-refractivity contribution in [3.63, 3.8) is 0 Å². The van der Waals surface area contributed by atoms with Crippen molar-refractivity contribution >= 4 is 11.6 Å².